The highest BCUT2D eigenvalue weighted by Crippen LogP contribution is 2.45. The van der Waals surface area contributed by atoms with Crippen LogP contribution >= 0.6 is 7.67 Å². The zero-order valence-electron chi connectivity index (χ0n) is 31.8. The number of hydrogen-bond acceptors (Lipinski definition) is 15. The first kappa shape index (κ1) is 43.7. The number of carbonyl (C=O) groups is 3. The van der Waals surface area contributed by atoms with Crippen molar-refractivity contribution in [3.63, 3.8) is 0 Å². The maximum atomic E-state index is 15.5. The summed E-state index contributed by atoms with van der Waals surface area (Å²) in [6.45, 7) is 2.64. The number of aromatic nitrogens is 2. The van der Waals surface area contributed by atoms with Crippen molar-refractivity contribution < 1.29 is 70.2 Å². The van der Waals surface area contributed by atoms with Crippen LogP contribution in [0.1, 0.15) is 38.3 Å². The number of nitrogens with zero attached hydrogens (tertiary/aromatic N) is 2. The predicted octanol–water partition coefficient (Wildman–Crippen LogP) is 4.04. The van der Waals surface area contributed by atoms with Crippen LogP contribution in [-0.2, 0) is 50.8 Å². The van der Waals surface area contributed by atoms with Crippen molar-refractivity contribution in [2.75, 3.05) is 32.8 Å². The lowest BCUT2D eigenvalue weighted by Crippen LogP contribution is -2.44. The number of rotatable bonds is 18. The van der Waals surface area contributed by atoms with E-state index in [1.54, 1.807) is 55.5 Å². The van der Waals surface area contributed by atoms with Gasteiger partial charge in [0.2, 0.25) is 6.23 Å². The summed E-state index contributed by atoms with van der Waals surface area (Å²) in [6, 6.07) is 12.0. The third-order valence-corrected chi connectivity index (χ3v) is 10.4. The van der Waals surface area contributed by atoms with Crippen LogP contribution in [0, 0.1) is 0 Å². The summed E-state index contributed by atoms with van der Waals surface area (Å²) >= 11 is 0. The zero-order chi connectivity index (χ0) is 42.2. The molecule has 22 heteroatoms. The molecule has 1 amide bonds. The Bertz CT molecular complexity index is 2190. The number of methoxy groups -OCH3 is 2. The Kier molecular flexibility index (Phi) is 14.2. The molecule has 1 unspecified atom stereocenters. The molecule has 4 aromatic rings. The molecule has 5 rings (SSSR count). The van der Waals surface area contributed by atoms with Gasteiger partial charge in [0.1, 0.15) is 42.1 Å². The van der Waals surface area contributed by atoms with Gasteiger partial charge in [0, 0.05) is 17.6 Å². The number of furan rings is 1. The number of esters is 2. The number of benzene rings is 2. The fourth-order valence-corrected chi connectivity index (χ4v) is 7.37. The molecule has 6 atom stereocenters. The SMILES string of the molecule is CCOC(=O)[C@H](C)NP(=O)(N[C@@H](C)C(=O)OCc1ccccc1)OC[C@H]1O[C@@H](n2ccc(NC(=O)OCc3cc4cc(OC)cc(OC)c4o3)nc2=O)C(F)(F)[C@@H]1O. The number of alkyl halides is 2. The first-order valence-corrected chi connectivity index (χ1v) is 19.3. The van der Waals surface area contributed by atoms with Gasteiger partial charge in [-0.25, -0.2) is 19.8 Å². The average molecular weight is 838 g/mol. The summed E-state index contributed by atoms with van der Waals surface area (Å²) in [5.41, 5.74) is -0.259. The van der Waals surface area contributed by atoms with E-state index in [4.69, 9.17) is 37.4 Å². The van der Waals surface area contributed by atoms with Gasteiger partial charge >= 0.3 is 37.3 Å². The van der Waals surface area contributed by atoms with Crippen molar-refractivity contribution in [3.8, 4) is 11.5 Å². The number of aliphatic hydroxyl groups excluding tert-OH is 1. The highest BCUT2D eigenvalue weighted by Gasteiger charge is 2.60. The summed E-state index contributed by atoms with van der Waals surface area (Å²) in [4.78, 5) is 54.2. The lowest BCUT2D eigenvalue weighted by Gasteiger charge is -2.27. The highest BCUT2D eigenvalue weighted by molar-refractivity contribution is 7.54. The Hall–Kier alpha value is -5.44. The Balaban J connectivity index is 1.22. The van der Waals surface area contributed by atoms with E-state index in [-0.39, 0.29) is 31.4 Å². The summed E-state index contributed by atoms with van der Waals surface area (Å²) in [5.74, 6) is -5.08. The number of nitrogens with one attached hydrogen (secondary N) is 3. The lowest BCUT2D eigenvalue weighted by atomic mass is 10.1. The van der Waals surface area contributed by atoms with E-state index in [0.29, 0.717) is 32.6 Å². The molecule has 19 nitrogen and oxygen atoms in total. The van der Waals surface area contributed by atoms with Crippen molar-refractivity contribution in [2.45, 2.75) is 70.4 Å². The van der Waals surface area contributed by atoms with Gasteiger partial charge in [0.05, 0.1) is 27.4 Å². The number of aliphatic hydroxyl groups is 1. The van der Waals surface area contributed by atoms with E-state index in [2.05, 4.69) is 20.5 Å². The highest BCUT2D eigenvalue weighted by atomic mass is 31.2. The van der Waals surface area contributed by atoms with E-state index in [0.717, 1.165) is 12.3 Å². The molecule has 1 fully saturated rings. The van der Waals surface area contributed by atoms with Crippen LogP contribution in [0.15, 0.2) is 70.0 Å². The van der Waals surface area contributed by atoms with Crippen molar-refractivity contribution in [1.82, 2.24) is 19.7 Å². The van der Waals surface area contributed by atoms with E-state index in [1.807, 2.05) is 0 Å². The molecule has 0 aliphatic carbocycles. The summed E-state index contributed by atoms with van der Waals surface area (Å²) < 4.78 is 87.7. The molecule has 0 saturated carbocycles. The monoisotopic (exact) mass is 837 g/mol. The summed E-state index contributed by atoms with van der Waals surface area (Å²) in [5, 5.41) is 18.2. The van der Waals surface area contributed by atoms with Gasteiger partial charge < -0.3 is 42.5 Å². The van der Waals surface area contributed by atoms with Crippen LogP contribution in [0.5, 0.6) is 11.5 Å². The third kappa shape index (κ3) is 10.5. The van der Waals surface area contributed by atoms with Gasteiger partial charge in [0.25, 0.3) is 0 Å². The van der Waals surface area contributed by atoms with Crippen molar-refractivity contribution in [2.24, 2.45) is 0 Å². The minimum Gasteiger partial charge on any atom is -0.497 e. The standard InChI is InChI=1S/C36H42F2N5O14P/c1-6-52-31(45)20(2)41-58(49,42-21(3)32(46)53-17-22-10-8-7-9-11-22)55-19-27-30(44)36(37,38)33(57-27)43-13-12-28(39-34(43)47)40-35(48)54-18-25-15-23-14-24(50-4)16-26(51-5)29(23)56-25/h7-16,20-21,27,30,33,44H,6,17-19H2,1-5H3,(H2,41,42,49)(H,39,40,47,48)/t20-,21-,27+,30+,33+,58?/m0/s1. The Morgan fingerprint density at radius 1 is 0.983 bits per heavy atom. The molecule has 2 aromatic carbocycles. The van der Waals surface area contributed by atoms with Gasteiger partial charge in [-0.1, -0.05) is 30.3 Å². The number of hydrogen-bond donors (Lipinski definition) is 4. The van der Waals surface area contributed by atoms with Crippen LogP contribution in [0.2, 0.25) is 0 Å². The summed E-state index contributed by atoms with van der Waals surface area (Å²) in [6.07, 6.45) is -7.18. The molecule has 1 aliphatic heterocycles. The fraction of sp³-hybridized carbons (Fsp3) is 0.417. The zero-order valence-corrected chi connectivity index (χ0v) is 32.7. The van der Waals surface area contributed by atoms with Crippen LogP contribution in [0.3, 0.4) is 0 Å². The molecule has 0 radical (unpaired) electrons. The first-order chi connectivity index (χ1) is 27.6. The van der Waals surface area contributed by atoms with E-state index >= 15 is 8.78 Å². The van der Waals surface area contributed by atoms with Gasteiger partial charge in [-0.3, -0.25) is 24.0 Å². The average Bonchev–Trinajstić information content (AvgIpc) is 3.71. The Morgan fingerprint density at radius 3 is 2.31 bits per heavy atom. The third-order valence-electron chi connectivity index (χ3n) is 8.47. The number of fused-ring (bicyclic) bond motifs is 1. The van der Waals surface area contributed by atoms with Crippen LogP contribution in [0.4, 0.5) is 19.4 Å². The van der Waals surface area contributed by atoms with Gasteiger partial charge in [-0.15, -0.1) is 0 Å². The maximum Gasteiger partial charge on any atom is 0.413 e. The number of anilines is 1. The molecule has 314 valence electrons. The van der Waals surface area contributed by atoms with E-state index < -0.39 is 74.4 Å². The summed E-state index contributed by atoms with van der Waals surface area (Å²) in [7, 11) is -1.60. The molecule has 3 heterocycles. The van der Waals surface area contributed by atoms with E-state index in [9.17, 15) is 28.8 Å². The van der Waals surface area contributed by atoms with E-state index in [1.165, 1.54) is 28.1 Å². The molecule has 1 saturated heterocycles. The molecular formula is C36H42F2N5O14P. The smallest absolute Gasteiger partial charge is 0.413 e. The van der Waals surface area contributed by atoms with Crippen LogP contribution in [0.25, 0.3) is 11.0 Å². The van der Waals surface area contributed by atoms with Crippen molar-refractivity contribution >= 4 is 42.5 Å². The molecule has 1 aliphatic rings. The minimum atomic E-state index is -4.53. The minimum absolute atomic E-state index is 0.0178. The van der Waals surface area contributed by atoms with Gasteiger partial charge in [-0.05, 0) is 44.5 Å². The van der Waals surface area contributed by atoms with Crippen molar-refractivity contribution in [3.05, 3.63) is 82.6 Å². The number of carbonyl (C=O) groups excluding carboxylic acids is 3. The second kappa shape index (κ2) is 18.9. The molecule has 2 aromatic heterocycles. The molecule has 58 heavy (non-hydrogen) atoms. The number of halogens is 2. The predicted molar refractivity (Wildman–Crippen MR) is 198 cm³/mol. The number of ether oxygens (including phenoxy) is 6. The molecule has 0 bridgehead atoms. The molecule has 4 N–H and O–H groups in total. The number of amides is 1. The fourth-order valence-electron chi connectivity index (χ4n) is 5.56. The molecule has 0 spiro atoms. The van der Waals surface area contributed by atoms with Gasteiger partial charge in [0.15, 0.2) is 24.0 Å². The Morgan fingerprint density at radius 2 is 1.67 bits per heavy atom. The second-order valence-corrected chi connectivity index (χ2v) is 14.6. The molecular weight excluding hydrogens is 795 g/mol. The van der Waals surface area contributed by atoms with Gasteiger partial charge in [-0.2, -0.15) is 13.8 Å². The largest absolute Gasteiger partial charge is 0.497 e. The lowest BCUT2D eigenvalue weighted by molar-refractivity contribution is -0.146. The first-order valence-electron chi connectivity index (χ1n) is 17.6. The quantitative estimate of drug-likeness (QED) is 0.0629. The maximum absolute atomic E-state index is 15.5. The topological polar surface area (TPSA) is 237 Å². The normalized spacial score (nSPS) is 19.4. The van der Waals surface area contributed by atoms with Crippen LogP contribution in [-0.4, -0.2) is 90.3 Å². The Labute approximate surface area is 329 Å². The van der Waals surface area contributed by atoms with Crippen molar-refractivity contribution in [1.29, 1.82) is 0 Å². The van der Waals surface area contributed by atoms with Crippen LogP contribution < -0.4 is 30.7 Å². The second-order valence-electron chi connectivity index (χ2n) is 12.7.